The van der Waals surface area contributed by atoms with E-state index < -0.39 is 0 Å². The minimum Gasteiger partial charge on any atom is -0.463 e. The standard InChI is InChI=1S/C25H34O4/c1-15(28-16(2)26)21-8-9-22-20-7-6-18-14-19(29-17(3)27)10-12-24(18,4)23(20)11-13-25(21,22)5/h6-7,11,15,19,21-22H,8-10,12-14H2,1-5H3/t15?,19?,21-,22+,24+,25-/m1/s1. The molecule has 2 unspecified atom stereocenters. The highest BCUT2D eigenvalue weighted by molar-refractivity contribution is 5.66. The minimum atomic E-state index is -0.183. The van der Waals surface area contributed by atoms with Crippen molar-refractivity contribution in [3.8, 4) is 0 Å². The number of ether oxygens (including phenoxy) is 2. The van der Waals surface area contributed by atoms with Crippen LogP contribution in [-0.4, -0.2) is 24.1 Å². The first-order valence-corrected chi connectivity index (χ1v) is 11.1. The van der Waals surface area contributed by atoms with Gasteiger partial charge in [0.05, 0.1) is 0 Å². The van der Waals surface area contributed by atoms with Gasteiger partial charge in [-0.15, -0.1) is 0 Å². The number of rotatable bonds is 3. The average Bonchev–Trinajstić information content (AvgIpc) is 2.98. The molecular formula is C25H34O4. The van der Waals surface area contributed by atoms with Gasteiger partial charge in [-0.1, -0.05) is 37.6 Å². The highest BCUT2D eigenvalue weighted by Gasteiger charge is 2.55. The van der Waals surface area contributed by atoms with Crippen LogP contribution in [0.2, 0.25) is 0 Å². The number of carbonyl (C=O) groups is 2. The number of carbonyl (C=O) groups excluding carboxylic acids is 2. The third-order valence-electron chi connectivity index (χ3n) is 8.27. The molecular weight excluding hydrogens is 364 g/mol. The van der Waals surface area contributed by atoms with Crippen molar-refractivity contribution >= 4 is 11.9 Å². The quantitative estimate of drug-likeness (QED) is 0.606. The second kappa shape index (κ2) is 7.14. The summed E-state index contributed by atoms with van der Waals surface area (Å²) in [5, 5.41) is 0. The Morgan fingerprint density at radius 1 is 1.10 bits per heavy atom. The molecule has 0 spiro atoms. The molecule has 4 nitrogen and oxygen atoms in total. The Morgan fingerprint density at radius 2 is 1.86 bits per heavy atom. The maximum atomic E-state index is 11.5. The molecule has 0 aliphatic heterocycles. The SMILES string of the molecule is CC(=O)OC1CC[C@@]2(C)C(=CC=C3C2=CC[C@]2(C)[C@@H](C(C)OC(C)=O)CC[C@@H]32)C1. The molecule has 29 heavy (non-hydrogen) atoms. The van der Waals surface area contributed by atoms with Crippen LogP contribution in [0.3, 0.4) is 0 Å². The average molecular weight is 399 g/mol. The molecule has 0 aromatic rings. The Bertz CT molecular complexity index is 819. The van der Waals surface area contributed by atoms with Gasteiger partial charge in [0.1, 0.15) is 12.2 Å². The Labute approximate surface area is 174 Å². The minimum absolute atomic E-state index is 0.0108. The van der Waals surface area contributed by atoms with Crippen LogP contribution in [0.5, 0.6) is 0 Å². The molecule has 2 fully saturated rings. The summed E-state index contributed by atoms with van der Waals surface area (Å²) < 4.78 is 11.1. The van der Waals surface area contributed by atoms with Crippen LogP contribution in [-0.2, 0) is 19.1 Å². The first kappa shape index (κ1) is 20.4. The monoisotopic (exact) mass is 398 g/mol. The molecule has 2 saturated carbocycles. The van der Waals surface area contributed by atoms with Crippen LogP contribution in [0.4, 0.5) is 0 Å². The van der Waals surface area contributed by atoms with Crippen LogP contribution in [0.15, 0.2) is 34.9 Å². The lowest BCUT2D eigenvalue weighted by atomic mass is 9.54. The normalized spacial score (nSPS) is 39.1. The van der Waals surface area contributed by atoms with Gasteiger partial charge >= 0.3 is 11.9 Å². The van der Waals surface area contributed by atoms with E-state index in [2.05, 4.69) is 39.0 Å². The molecule has 158 valence electrons. The predicted octanol–water partition coefficient (Wildman–Crippen LogP) is 5.29. The van der Waals surface area contributed by atoms with Gasteiger partial charge in [0.25, 0.3) is 0 Å². The topological polar surface area (TPSA) is 52.6 Å². The summed E-state index contributed by atoms with van der Waals surface area (Å²) in [6.07, 6.45) is 13.2. The van der Waals surface area contributed by atoms with E-state index in [0.717, 1.165) is 38.5 Å². The van der Waals surface area contributed by atoms with Crippen molar-refractivity contribution < 1.29 is 19.1 Å². The first-order chi connectivity index (χ1) is 13.6. The molecule has 0 amide bonds. The summed E-state index contributed by atoms with van der Waals surface area (Å²) in [4.78, 5) is 22.9. The number of hydrogen-bond acceptors (Lipinski definition) is 4. The summed E-state index contributed by atoms with van der Waals surface area (Å²) >= 11 is 0. The van der Waals surface area contributed by atoms with Crippen molar-refractivity contribution in [3.05, 3.63) is 34.9 Å². The predicted molar refractivity (Wildman–Crippen MR) is 112 cm³/mol. The van der Waals surface area contributed by atoms with Gasteiger partial charge in [-0.05, 0) is 61.5 Å². The van der Waals surface area contributed by atoms with E-state index in [1.54, 1.807) is 0 Å². The van der Waals surface area contributed by atoms with Crippen molar-refractivity contribution in [1.29, 1.82) is 0 Å². The zero-order valence-corrected chi connectivity index (χ0v) is 18.4. The summed E-state index contributed by atoms with van der Waals surface area (Å²) in [7, 11) is 0. The largest absolute Gasteiger partial charge is 0.463 e. The second-order valence-electron chi connectivity index (χ2n) is 10.00. The molecule has 0 bridgehead atoms. The number of allylic oxidation sites excluding steroid dienone is 5. The second-order valence-corrected chi connectivity index (χ2v) is 10.00. The molecule has 0 N–H and O–H groups in total. The van der Waals surface area contributed by atoms with Gasteiger partial charge in [-0.2, -0.15) is 0 Å². The molecule has 4 heteroatoms. The molecule has 6 atom stereocenters. The van der Waals surface area contributed by atoms with Gasteiger partial charge in [0.2, 0.25) is 0 Å². The molecule has 4 aliphatic carbocycles. The highest BCUT2D eigenvalue weighted by atomic mass is 16.5. The van der Waals surface area contributed by atoms with Gasteiger partial charge in [-0.3, -0.25) is 9.59 Å². The van der Waals surface area contributed by atoms with E-state index in [1.165, 1.54) is 30.6 Å². The lowest BCUT2D eigenvalue weighted by molar-refractivity contribution is -0.150. The molecule has 0 heterocycles. The molecule has 0 aromatic carbocycles. The van der Waals surface area contributed by atoms with E-state index in [1.807, 2.05) is 0 Å². The Balaban J connectivity index is 1.62. The van der Waals surface area contributed by atoms with Crippen molar-refractivity contribution in [3.63, 3.8) is 0 Å². The zero-order valence-electron chi connectivity index (χ0n) is 18.4. The van der Waals surface area contributed by atoms with Crippen molar-refractivity contribution in [2.75, 3.05) is 0 Å². The Morgan fingerprint density at radius 3 is 2.55 bits per heavy atom. The van der Waals surface area contributed by atoms with Crippen LogP contribution >= 0.6 is 0 Å². The van der Waals surface area contributed by atoms with Gasteiger partial charge in [0, 0.05) is 31.6 Å². The van der Waals surface area contributed by atoms with Gasteiger partial charge in [0.15, 0.2) is 0 Å². The van der Waals surface area contributed by atoms with Crippen LogP contribution in [0.1, 0.15) is 73.1 Å². The molecule has 4 aliphatic rings. The molecule has 0 aromatic heterocycles. The number of esters is 2. The van der Waals surface area contributed by atoms with Gasteiger partial charge < -0.3 is 9.47 Å². The van der Waals surface area contributed by atoms with Crippen LogP contribution in [0.25, 0.3) is 0 Å². The van der Waals surface area contributed by atoms with Crippen LogP contribution < -0.4 is 0 Å². The van der Waals surface area contributed by atoms with Crippen molar-refractivity contribution in [1.82, 2.24) is 0 Å². The summed E-state index contributed by atoms with van der Waals surface area (Å²) in [6.45, 7) is 9.83. The lowest BCUT2D eigenvalue weighted by Gasteiger charge is -2.50. The molecule has 0 saturated heterocycles. The summed E-state index contributed by atoms with van der Waals surface area (Å²) in [5.41, 5.74) is 4.59. The van der Waals surface area contributed by atoms with Crippen molar-refractivity contribution in [2.45, 2.75) is 85.4 Å². The van der Waals surface area contributed by atoms with Crippen molar-refractivity contribution in [2.24, 2.45) is 22.7 Å². The summed E-state index contributed by atoms with van der Waals surface area (Å²) in [5.74, 6) is 0.551. The van der Waals surface area contributed by atoms with E-state index in [9.17, 15) is 9.59 Å². The van der Waals surface area contributed by atoms with E-state index in [-0.39, 0.29) is 35.0 Å². The maximum absolute atomic E-state index is 11.5. The van der Waals surface area contributed by atoms with Crippen LogP contribution in [0, 0.1) is 22.7 Å². The van der Waals surface area contributed by atoms with E-state index in [0.29, 0.717) is 11.8 Å². The summed E-state index contributed by atoms with van der Waals surface area (Å²) in [6, 6.07) is 0. The maximum Gasteiger partial charge on any atom is 0.302 e. The smallest absolute Gasteiger partial charge is 0.302 e. The fourth-order valence-corrected chi connectivity index (χ4v) is 6.83. The third kappa shape index (κ3) is 3.29. The third-order valence-corrected chi connectivity index (χ3v) is 8.27. The zero-order chi connectivity index (χ0) is 21.0. The number of hydrogen-bond donors (Lipinski definition) is 0. The fraction of sp³-hybridized carbons (Fsp3) is 0.680. The highest BCUT2D eigenvalue weighted by Crippen LogP contribution is 2.63. The number of fused-ring (bicyclic) bond motifs is 5. The lowest BCUT2D eigenvalue weighted by Crippen LogP contribution is -2.42. The van der Waals surface area contributed by atoms with E-state index in [4.69, 9.17) is 9.47 Å². The first-order valence-electron chi connectivity index (χ1n) is 11.1. The fourth-order valence-electron chi connectivity index (χ4n) is 6.83. The molecule has 0 radical (unpaired) electrons. The van der Waals surface area contributed by atoms with E-state index >= 15 is 0 Å². The Kier molecular flexibility index (Phi) is 5.03. The van der Waals surface area contributed by atoms with Gasteiger partial charge in [-0.25, -0.2) is 0 Å². The Hall–Kier alpha value is -1.84. The molecule has 4 rings (SSSR count).